The topological polar surface area (TPSA) is 41.5 Å². The van der Waals surface area contributed by atoms with Crippen molar-refractivity contribution in [3.8, 4) is 5.75 Å². The Morgan fingerprint density at radius 2 is 2.00 bits per heavy atom. The van der Waals surface area contributed by atoms with Crippen LogP contribution in [0.3, 0.4) is 0 Å². The van der Waals surface area contributed by atoms with E-state index < -0.39 is 0 Å². The second kappa shape index (κ2) is 6.62. The van der Waals surface area contributed by atoms with Crippen molar-refractivity contribution in [3.63, 3.8) is 0 Å². The number of hydrogen-bond acceptors (Lipinski definition) is 3. The normalized spacial score (nSPS) is 12.5. The minimum Gasteiger partial charge on any atom is -0.496 e. The molecule has 0 aliphatic carbocycles. The minimum atomic E-state index is 0.242. The van der Waals surface area contributed by atoms with Crippen LogP contribution in [0.5, 0.6) is 5.75 Å². The quantitative estimate of drug-likeness (QED) is 0.798. The standard InChI is InChI=1S/C14H23NO2/c1-10-9-14(17-4)11(2)8-12(10)13(15-3)6-5-7-16/h8-9,13,15-16H,5-7H2,1-4H3. The molecule has 1 aromatic rings. The molecule has 1 atom stereocenters. The molecule has 0 aliphatic rings. The van der Waals surface area contributed by atoms with Crippen LogP contribution in [0.1, 0.15) is 35.6 Å². The van der Waals surface area contributed by atoms with Gasteiger partial charge in [0, 0.05) is 12.6 Å². The zero-order valence-corrected chi connectivity index (χ0v) is 11.2. The van der Waals surface area contributed by atoms with E-state index in [0.717, 1.165) is 24.2 Å². The molecule has 1 rings (SSSR count). The summed E-state index contributed by atoms with van der Waals surface area (Å²) in [6.45, 7) is 4.40. The molecule has 0 saturated heterocycles. The third kappa shape index (κ3) is 3.45. The van der Waals surface area contributed by atoms with Gasteiger partial charge in [-0.2, -0.15) is 0 Å². The molecule has 0 heterocycles. The van der Waals surface area contributed by atoms with E-state index in [4.69, 9.17) is 9.84 Å². The average molecular weight is 237 g/mol. The van der Waals surface area contributed by atoms with Crippen LogP contribution in [0.25, 0.3) is 0 Å². The molecule has 0 radical (unpaired) electrons. The van der Waals surface area contributed by atoms with E-state index in [1.807, 2.05) is 7.05 Å². The molecule has 0 aliphatic heterocycles. The summed E-state index contributed by atoms with van der Waals surface area (Å²) in [7, 11) is 3.66. The summed E-state index contributed by atoms with van der Waals surface area (Å²) in [6, 6.07) is 4.55. The third-order valence-electron chi connectivity index (χ3n) is 3.16. The summed E-state index contributed by atoms with van der Waals surface area (Å²) in [4.78, 5) is 0. The number of hydrogen-bond donors (Lipinski definition) is 2. The summed E-state index contributed by atoms with van der Waals surface area (Å²) in [6.07, 6.45) is 1.76. The predicted octanol–water partition coefficient (Wildman–Crippen LogP) is 2.35. The molecule has 2 N–H and O–H groups in total. The fraction of sp³-hybridized carbons (Fsp3) is 0.571. The second-order valence-electron chi connectivity index (χ2n) is 4.39. The zero-order chi connectivity index (χ0) is 12.8. The molecule has 0 spiro atoms. The van der Waals surface area contributed by atoms with Gasteiger partial charge in [0.1, 0.15) is 5.75 Å². The first-order valence-electron chi connectivity index (χ1n) is 6.07. The summed E-state index contributed by atoms with van der Waals surface area (Å²) in [5.41, 5.74) is 3.67. The molecule has 0 aromatic heterocycles. The SMILES string of the molecule is CNC(CCCO)c1cc(C)c(OC)cc1C. The fourth-order valence-electron chi connectivity index (χ4n) is 2.16. The van der Waals surface area contributed by atoms with E-state index >= 15 is 0 Å². The number of aliphatic hydroxyl groups is 1. The molecular formula is C14H23NO2. The molecule has 17 heavy (non-hydrogen) atoms. The van der Waals surface area contributed by atoms with E-state index in [1.165, 1.54) is 11.1 Å². The van der Waals surface area contributed by atoms with Crippen molar-refractivity contribution >= 4 is 0 Å². The monoisotopic (exact) mass is 237 g/mol. The number of rotatable bonds is 6. The highest BCUT2D eigenvalue weighted by molar-refractivity contribution is 5.42. The van der Waals surface area contributed by atoms with Gasteiger partial charge in [-0.25, -0.2) is 0 Å². The molecule has 0 amide bonds. The van der Waals surface area contributed by atoms with Gasteiger partial charge in [-0.15, -0.1) is 0 Å². The smallest absolute Gasteiger partial charge is 0.122 e. The van der Waals surface area contributed by atoms with E-state index in [-0.39, 0.29) is 6.61 Å². The Bertz CT molecular complexity index is 363. The number of aliphatic hydroxyl groups excluding tert-OH is 1. The van der Waals surface area contributed by atoms with Crippen molar-refractivity contribution < 1.29 is 9.84 Å². The molecule has 0 saturated carbocycles. The van der Waals surface area contributed by atoms with Crippen LogP contribution in [-0.4, -0.2) is 25.9 Å². The third-order valence-corrected chi connectivity index (χ3v) is 3.16. The molecule has 3 heteroatoms. The van der Waals surface area contributed by atoms with Crippen LogP contribution in [0.4, 0.5) is 0 Å². The van der Waals surface area contributed by atoms with Crippen LogP contribution in [0.15, 0.2) is 12.1 Å². The van der Waals surface area contributed by atoms with Crippen molar-refractivity contribution in [2.45, 2.75) is 32.7 Å². The number of ether oxygens (including phenoxy) is 1. The maximum Gasteiger partial charge on any atom is 0.122 e. The summed E-state index contributed by atoms with van der Waals surface area (Å²) >= 11 is 0. The van der Waals surface area contributed by atoms with Crippen LogP contribution in [0, 0.1) is 13.8 Å². The summed E-state index contributed by atoms with van der Waals surface area (Å²) in [5, 5.41) is 12.2. The fourth-order valence-corrected chi connectivity index (χ4v) is 2.16. The maximum atomic E-state index is 8.92. The van der Waals surface area contributed by atoms with E-state index in [0.29, 0.717) is 6.04 Å². The van der Waals surface area contributed by atoms with Gasteiger partial charge in [-0.3, -0.25) is 0 Å². The number of benzene rings is 1. The van der Waals surface area contributed by atoms with Crippen molar-refractivity contribution in [1.82, 2.24) is 5.32 Å². The van der Waals surface area contributed by atoms with Crippen molar-refractivity contribution in [2.75, 3.05) is 20.8 Å². The van der Waals surface area contributed by atoms with E-state index in [2.05, 4.69) is 31.3 Å². The lowest BCUT2D eigenvalue weighted by Crippen LogP contribution is -2.18. The van der Waals surface area contributed by atoms with Gasteiger partial charge < -0.3 is 15.2 Å². The van der Waals surface area contributed by atoms with Crippen molar-refractivity contribution in [3.05, 3.63) is 28.8 Å². The first-order chi connectivity index (χ1) is 8.13. The number of nitrogens with one attached hydrogen (secondary N) is 1. The molecule has 1 unspecified atom stereocenters. The predicted molar refractivity (Wildman–Crippen MR) is 70.6 cm³/mol. The van der Waals surface area contributed by atoms with Gasteiger partial charge >= 0.3 is 0 Å². The Kier molecular flexibility index (Phi) is 5.45. The highest BCUT2D eigenvalue weighted by Crippen LogP contribution is 2.28. The Labute approximate surface area is 104 Å². The number of aryl methyl sites for hydroxylation is 2. The lowest BCUT2D eigenvalue weighted by molar-refractivity contribution is 0.276. The van der Waals surface area contributed by atoms with Crippen LogP contribution in [0.2, 0.25) is 0 Å². The van der Waals surface area contributed by atoms with E-state index in [1.54, 1.807) is 7.11 Å². The highest BCUT2D eigenvalue weighted by Gasteiger charge is 2.13. The largest absolute Gasteiger partial charge is 0.496 e. The highest BCUT2D eigenvalue weighted by atomic mass is 16.5. The van der Waals surface area contributed by atoms with Gasteiger partial charge in [0.2, 0.25) is 0 Å². The molecule has 1 aromatic carbocycles. The van der Waals surface area contributed by atoms with Gasteiger partial charge in [0.25, 0.3) is 0 Å². The first-order valence-corrected chi connectivity index (χ1v) is 6.07. The molecule has 96 valence electrons. The summed E-state index contributed by atoms with van der Waals surface area (Å²) < 4.78 is 5.31. The molecule has 3 nitrogen and oxygen atoms in total. The van der Waals surface area contributed by atoms with Crippen LogP contribution >= 0.6 is 0 Å². The summed E-state index contributed by atoms with van der Waals surface area (Å²) in [5.74, 6) is 0.934. The lowest BCUT2D eigenvalue weighted by Gasteiger charge is -2.20. The van der Waals surface area contributed by atoms with Gasteiger partial charge in [-0.1, -0.05) is 6.07 Å². The first kappa shape index (κ1) is 14.0. The Morgan fingerprint density at radius 3 is 2.53 bits per heavy atom. The zero-order valence-electron chi connectivity index (χ0n) is 11.2. The van der Waals surface area contributed by atoms with E-state index in [9.17, 15) is 0 Å². The van der Waals surface area contributed by atoms with Gasteiger partial charge in [-0.05, 0) is 56.5 Å². The van der Waals surface area contributed by atoms with Crippen LogP contribution in [-0.2, 0) is 0 Å². The molecule has 0 fully saturated rings. The van der Waals surface area contributed by atoms with Crippen molar-refractivity contribution in [1.29, 1.82) is 0 Å². The Balaban J connectivity index is 2.99. The second-order valence-corrected chi connectivity index (χ2v) is 4.39. The molecular weight excluding hydrogens is 214 g/mol. The Hall–Kier alpha value is -1.06. The molecule has 0 bridgehead atoms. The van der Waals surface area contributed by atoms with Crippen LogP contribution < -0.4 is 10.1 Å². The van der Waals surface area contributed by atoms with Gasteiger partial charge in [0.05, 0.1) is 7.11 Å². The van der Waals surface area contributed by atoms with Gasteiger partial charge in [0.15, 0.2) is 0 Å². The minimum absolute atomic E-state index is 0.242. The lowest BCUT2D eigenvalue weighted by atomic mass is 9.95. The average Bonchev–Trinajstić information content (AvgIpc) is 2.33. The maximum absolute atomic E-state index is 8.92. The van der Waals surface area contributed by atoms with Crippen molar-refractivity contribution in [2.24, 2.45) is 0 Å². The Morgan fingerprint density at radius 1 is 1.29 bits per heavy atom. The number of methoxy groups -OCH3 is 1.